The molecule has 1 fully saturated rings. The predicted molar refractivity (Wildman–Crippen MR) is 48.1 cm³/mol. The van der Waals surface area contributed by atoms with Crippen molar-refractivity contribution in [2.45, 2.75) is 25.0 Å². The monoisotopic (exact) mass is 163 g/mol. The van der Waals surface area contributed by atoms with Crippen LogP contribution in [0.25, 0.3) is 0 Å². The average molecular weight is 163 g/mol. The van der Waals surface area contributed by atoms with Crippen LogP contribution < -0.4 is 10.5 Å². The summed E-state index contributed by atoms with van der Waals surface area (Å²) in [6.07, 6.45) is 0.960. The Hall–Kier alpha value is -1.02. The standard InChI is InChI=1S/C10H13NO/c1-10(7-9(10)11)12-8-5-3-2-4-6-8/h2-6,9H,7,11H2,1H3/t9-,10+/m0/s1. The van der Waals surface area contributed by atoms with Crippen molar-refractivity contribution in [1.29, 1.82) is 0 Å². The number of ether oxygens (including phenoxy) is 1. The fourth-order valence-electron chi connectivity index (χ4n) is 1.25. The van der Waals surface area contributed by atoms with Gasteiger partial charge in [0.15, 0.2) is 0 Å². The molecule has 2 atom stereocenters. The van der Waals surface area contributed by atoms with Gasteiger partial charge in [0, 0.05) is 12.5 Å². The molecule has 2 rings (SSSR count). The van der Waals surface area contributed by atoms with Gasteiger partial charge in [-0.2, -0.15) is 0 Å². The molecule has 0 unspecified atom stereocenters. The Labute approximate surface area is 72.3 Å². The molecule has 0 bridgehead atoms. The van der Waals surface area contributed by atoms with E-state index in [2.05, 4.69) is 0 Å². The van der Waals surface area contributed by atoms with Crippen molar-refractivity contribution in [2.75, 3.05) is 0 Å². The Morgan fingerprint density at radius 3 is 2.50 bits per heavy atom. The van der Waals surface area contributed by atoms with Gasteiger partial charge in [-0.25, -0.2) is 0 Å². The van der Waals surface area contributed by atoms with Gasteiger partial charge >= 0.3 is 0 Å². The van der Waals surface area contributed by atoms with Gasteiger partial charge in [-0.15, -0.1) is 0 Å². The van der Waals surface area contributed by atoms with Crippen molar-refractivity contribution in [1.82, 2.24) is 0 Å². The molecule has 0 heterocycles. The summed E-state index contributed by atoms with van der Waals surface area (Å²) in [7, 11) is 0. The maximum atomic E-state index is 5.72. The molecule has 0 spiro atoms. The van der Waals surface area contributed by atoms with Crippen LogP contribution in [0.2, 0.25) is 0 Å². The minimum Gasteiger partial charge on any atom is -0.486 e. The molecule has 64 valence electrons. The lowest BCUT2D eigenvalue weighted by atomic mass is 10.3. The smallest absolute Gasteiger partial charge is 0.123 e. The summed E-state index contributed by atoms with van der Waals surface area (Å²) in [5, 5.41) is 0. The highest BCUT2D eigenvalue weighted by Crippen LogP contribution is 2.38. The molecule has 1 aliphatic carbocycles. The van der Waals surface area contributed by atoms with E-state index in [4.69, 9.17) is 10.5 Å². The van der Waals surface area contributed by atoms with E-state index in [1.807, 2.05) is 37.3 Å². The Kier molecular flexibility index (Phi) is 1.58. The van der Waals surface area contributed by atoms with Gasteiger partial charge in [-0.05, 0) is 19.1 Å². The van der Waals surface area contributed by atoms with Gasteiger partial charge in [-0.3, -0.25) is 0 Å². The molecule has 1 aliphatic rings. The summed E-state index contributed by atoms with van der Waals surface area (Å²) < 4.78 is 5.70. The minimum absolute atomic E-state index is 0.110. The van der Waals surface area contributed by atoms with Gasteiger partial charge in [-0.1, -0.05) is 18.2 Å². The molecule has 1 saturated carbocycles. The van der Waals surface area contributed by atoms with Gasteiger partial charge in [0.25, 0.3) is 0 Å². The average Bonchev–Trinajstić information content (AvgIpc) is 2.61. The molecule has 0 radical (unpaired) electrons. The molecule has 1 aromatic carbocycles. The first-order valence-corrected chi connectivity index (χ1v) is 4.20. The van der Waals surface area contributed by atoms with Crippen molar-refractivity contribution in [2.24, 2.45) is 5.73 Å². The molecular formula is C10H13NO. The third-order valence-electron chi connectivity index (χ3n) is 2.34. The maximum Gasteiger partial charge on any atom is 0.123 e. The lowest BCUT2D eigenvalue weighted by molar-refractivity contribution is 0.193. The Morgan fingerprint density at radius 1 is 1.42 bits per heavy atom. The lowest BCUT2D eigenvalue weighted by Crippen LogP contribution is -2.23. The van der Waals surface area contributed by atoms with Crippen molar-refractivity contribution in [3.05, 3.63) is 30.3 Å². The van der Waals surface area contributed by atoms with E-state index in [1.165, 1.54) is 0 Å². The highest BCUT2D eigenvalue weighted by atomic mass is 16.5. The number of nitrogens with two attached hydrogens (primary N) is 1. The van der Waals surface area contributed by atoms with E-state index in [0.717, 1.165) is 12.2 Å². The normalized spacial score (nSPS) is 33.0. The van der Waals surface area contributed by atoms with Crippen LogP contribution in [0.3, 0.4) is 0 Å². The largest absolute Gasteiger partial charge is 0.486 e. The minimum atomic E-state index is -0.110. The zero-order chi connectivity index (χ0) is 8.60. The van der Waals surface area contributed by atoms with E-state index in [0.29, 0.717) is 0 Å². The highest BCUT2D eigenvalue weighted by molar-refractivity contribution is 5.24. The third-order valence-corrected chi connectivity index (χ3v) is 2.34. The van der Waals surface area contributed by atoms with Crippen LogP contribution in [0.15, 0.2) is 30.3 Å². The summed E-state index contributed by atoms with van der Waals surface area (Å²) in [5.74, 6) is 0.910. The Bertz CT molecular complexity index is 272. The van der Waals surface area contributed by atoms with Crippen molar-refractivity contribution >= 4 is 0 Å². The Balaban J connectivity index is 2.06. The van der Waals surface area contributed by atoms with Gasteiger partial charge in [0.05, 0.1) is 0 Å². The highest BCUT2D eigenvalue weighted by Gasteiger charge is 2.50. The van der Waals surface area contributed by atoms with Gasteiger partial charge in [0.1, 0.15) is 11.4 Å². The molecule has 12 heavy (non-hydrogen) atoms. The van der Waals surface area contributed by atoms with Crippen molar-refractivity contribution in [3.8, 4) is 5.75 Å². The van der Waals surface area contributed by atoms with Crippen molar-refractivity contribution < 1.29 is 4.74 Å². The number of para-hydroxylation sites is 1. The quantitative estimate of drug-likeness (QED) is 0.718. The zero-order valence-electron chi connectivity index (χ0n) is 7.16. The molecule has 2 nitrogen and oxygen atoms in total. The topological polar surface area (TPSA) is 35.2 Å². The first kappa shape index (κ1) is 7.62. The van der Waals surface area contributed by atoms with E-state index in [9.17, 15) is 0 Å². The van der Waals surface area contributed by atoms with Crippen LogP contribution in [0, 0.1) is 0 Å². The summed E-state index contributed by atoms with van der Waals surface area (Å²) in [6.45, 7) is 2.05. The molecule has 0 amide bonds. The molecule has 2 heteroatoms. The van der Waals surface area contributed by atoms with Crippen molar-refractivity contribution in [3.63, 3.8) is 0 Å². The van der Waals surface area contributed by atoms with Crippen LogP contribution in [0.1, 0.15) is 13.3 Å². The summed E-state index contributed by atoms with van der Waals surface area (Å²) in [4.78, 5) is 0. The van der Waals surface area contributed by atoms with Crippen LogP contribution in [0.4, 0.5) is 0 Å². The third kappa shape index (κ3) is 1.30. The number of benzene rings is 1. The molecule has 1 aromatic rings. The van der Waals surface area contributed by atoms with Crippen LogP contribution >= 0.6 is 0 Å². The fraction of sp³-hybridized carbons (Fsp3) is 0.400. The van der Waals surface area contributed by atoms with E-state index >= 15 is 0 Å². The van der Waals surface area contributed by atoms with E-state index < -0.39 is 0 Å². The molecular weight excluding hydrogens is 150 g/mol. The SMILES string of the molecule is C[C@@]1(Oc2ccccc2)C[C@@H]1N. The molecule has 0 saturated heterocycles. The predicted octanol–water partition coefficient (Wildman–Crippen LogP) is 1.56. The summed E-state index contributed by atoms with van der Waals surface area (Å²) >= 11 is 0. The van der Waals surface area contributed by atoms with Crippen LogP contribution in [-0.2, 0) is 0 Å². The Morgan fingerprint density at radius 2 is 2.00 bits per heavy atom. The zero-order valence-corrected chi connectivity index (χ0v) is 7.16. The molecule has 0 aliphatic heterocycles. The number of hydrogen-bond donors (Lipinski definition) is 1. The second kappa shape index (κ2) is 2.49. The fourth-order valence-corrected chi connectivity index (χ4v) is 1.25. The summed E-state index contributed by atoms with van der Waals surface area (Å²) in [5.41, 5.74) is 5.61. The second-order valence-electron chi connectivity index (χ2n) is 3.54. The number of hydrogen-bond acceptors (Lipinski definition) is 2. The van der Waals surface area contributed by atoms with E-state index in [1.54, 1.807) is 0 Å². The number of rotatable bonds is 2. The second-order valence-corrected chi connectivity index (χ2v) is 3.54. The van der Waals surface area contributed by atoms with Crippen LogP contribution in [-0.4, -0.2) is 11.6 Å². The first-order chi connectivity index (χ1) is 5.71. The first-order valence-electron chi connectivity index (χ1n) is 4.20. The van der Waals surface area contributed by atoms with Crippen LogP contribution in [0.5, 0.6) is 5.75 Å². The van der Waals surface area contributed by atoms with Gasteiger partial charge < -0.3 is 10.5 Å². The molecule has 0 aromatic heterocycles. The maximum absolute atomic E-state index is 5.72. The van der Waals surface area contributed by atoms with Gasteiger partial charge in [0.2, 0.25) is 0 Å². The summed E-state index contributed by atoms with van der Waals surface area (Å²) in [6, 6.07) is 10.0. The molecule has 2 N–H and O–H groups in total. The van der Waals surface area contributed by atoms with E-state index in [-0.39, 0.29) is 11.6 Å². The lowest BCUT2D eigenvalue weighted by Gasteiger charge is -2.13.